The van der Waals surface area contributed by atoms with Crippen LogP contribution in [0.3, 0.4) is 0 Å². The van der Waals surface area contributed by atoms with Gasteiger partial charge in [0.2, 0.25) is 0 Å². The van der Waals surface area contributed by atoms with Gasteiger partial charge in [0, 0.05) is 6.04 Å². The van der Waals surface area contributed by atoms with Crippen LogP contribution in [0.1, 0.15) is 25.7 Å². The van der Waals surface area contributed by atoms with Gasteiger partial charge in [0.15, 0.2) is 0 Å². The van der Waals surface area contributed by atoms with Crippen molar-refractivity contribution in [3.05, 3.63) is 0 Å². The van der Waals surface area contributed by atoms with E-state index in [1.807, 2.05) is 0 Å². The molecule has 1 saturated heterocycles. The molecule has 1 aliphatic heterocycles. The average Bonchev–Trinajstić information content (AvgIpc) is 1.91. The molecule has 0 aromatic rings. The summed E-state index contributed by atoms with van der Waals surface area (Å²) in [6.07, 6.45) is 5.22. The molecule has 1 rings (SSSR count). The van der Waals surface area contributed by atoms with Crippen molar-refractivity contribution in [3.8, 4) is 0 Å². The van der Waals surface area contributed by atoms with Crippen LogP contribution in [-0.2, 0) is 0 Å². The van der Waals surface area contributed by atoms with Gasteiger partial charge in [-0.05, 0) is 32.4 Å². The van der Waals surface area contributed by atoms with Crippen LogP contribution in [0.5, 0.6) is 0 Å². The van der Waals surface area contributed by atoms with E-state index in [0.29, 0.717) is 0 Å². The fourth-order valence-corrected chi connectivity index (χ4v) is 1.37. The zero-order chi connectivity index (χ0) is 6.53. The number of nitrogens with one attached hydrogen (secondary N) is 1. The largest absolute Gasteiger partial charge is 0.330 e. The Hall–Kier alpha value is -0.0800. The number of hydrogen-bond donors (Lipinski definition) is 2. The molecule has 0 spiro atoms. The first kappa shape index (κ1) is 7.03. The van der Waals surface area contributed by atoms with E-state index in [4.69, 9.17) is 5.73 Å². The summed E-state index contributed by atoms with van der Waals surface area (Å²) in [4.78, 5) is 0. The predicted octanol–water partition coefficient (Wildman–Crippen LogP) is 0.477. The van der Waals surface area contributed by atoms with Crippen LogP contribution in [-0.4, -0.2) is 19.1 Å². The summed E-state index contributed by atoms with van der Waals surface area (Å²) in [6, 6.07) is 0.726. The molecule has 2 heteroatoms. The van der Waals surface area contributed by atoms with Crippen LogP contribution < -0.4 is 11.1 Å². The number of piperidine rings is 1. The van der Waals surface area contributed by atoms with Gasteiger partial charge in [0.25, 0.3) is 0 Å². The van der Waals surface area contributed by atoms with Crippen LogP contribution in [0.2, 0.25) is 0 Å². The summed E-state index contributed by atoms with van der Waals surface area (Å²) in [5, 5.41) is 3.44. The molecule has 1 aliphatic rings. The van der Waals surface area contributed by atoms with Crippen LogP contribution in [0.4, 0.5) is 0 Å². The minimum Gasteiger partial charge on any atom is -0.330 e. The van der Waals surface area contributed by atoms with Gasteiger partial charge in [-0.3, -0.25) is 0 Å². The van der Waals surface area contributed by atoms with E-state index in [9.17, 15) is 0 Å². The van der Waals surface area contributed by atoms with Gasteiger partial charge >= 0.3 is 0 Å². The van der Waals surface area contributed by atoms with E-state index in [0.717, 1.165) is 19.0 Å². The van der Waals surface area contributed by atoms with Crippen molar-refractivity contribution in [2.24, 2.45) is 5.73 Å². The lowest BCUT2D eigenvalue weighted by Crippen LogP contribution is -2.35. The summed E-state index contributed by atoms with van der Waals surface area (Å²) in [5.41, 5.74) is 5.42. The van der Waals surface area contributed by atoms with Crippen molar-refractivity contribution in [1.82, 2.24) is 5.32 Å². The third-order valence-electron chi connectivity index (χ3n) is 1.93. The van der Waals surface area contributed by atoms with E-state index in [-0.39, 0.29) is 0 Å². The second-order valence-electron chi connectivity index (χ2n) is 2.72. The number of hydrogen-bond acceptors (Lipinski definition) is 2. The fourth-order valence-electron chi connectivity index (χ4n) is 1.37. The summed E-state index contributed by atoms with van der Waals surface area (Å²) in [5.74, 6) is 0. The topological polar surface area (TPSA) is 38.0 Å². The molecule has 0 radical (unpaired) electrons. The highest BCUT2D eigenvalue weighted by molar-refractivity contribution is 4.71. The van der Waals surface area contributed by atoms with Crippen molar-refractivity contribution in [2.45, 2.75) is 31.7 Å². The molecule has 1 fully saturated rings. The highest BCUT2D eigenvalue weighted by Gasteiger charge is 2.09. The first-order valence-corrected chi connectivity index (χ1v) is 3.87. The summed E-state index contributed by atoms with van der Waals surface area (Å²) >= 11 is 0. The molecule has 0 saturated carbocycles. The van der Waals surface area contributed by atoms with Crippen LogP contribution in [0, 0.1) is 0 Å². The monoisotopic (exact) mass is 128 g/mol. The lowest BCUT2D eigenvalue weighted by Gasteiger charge is -2.22. The second-order valence-corrected chi connectivity index (χ2v) is 2.72. The second kappa shape index (κ2) is 3.85. The zero-order valence-corrected chi connectivity index (χ0v) is 5.90. The van der Waals surface area contributed by atoms with E-state index < -0.39 is 0 Å². The van der Waals surface area contributed by atoms with E-state index in [1.54, 1.807) is 0 Å². The van der Waals surface area contributed by atoms with E-state index in [1.165, 1.54) is 25.8 Å². The third kappa shape index (κ3) is 2.33. The first-order valence-electron chi connectivity index (χ1n) is 3.87. The SMILES string of the molecule is NCC[C@@H]1CCCCN1. The molecule has 0 unspecified atom stereocenters. The highest BCUT2D eigenvalue weighted by Crippen LogP contribution is 2.08. The summed E-state index contributed by atoms with van der Waals surface area (Å²) in [6.45, 7) is 2.03. The number of rotatable bonds is 2. The minimum absolute atomic E-state index is 0.726. The Morgan fingerprint density at radius 3 is 2.89 bits per heavy atom. The maximum absolute atomic E-state index is 5.42. The van der Waals surface area contributed by atoms with Crippen molar-refractivity contribution in [1.29, 1.82) is 0 Å². The quantitative estimate of drug-likeness (QED) is 0.567. The maximum atomic E-state index is 5.42. The van der Waals surface area contributed by atoms with Gasteiger partial charge in [-0.15, -0.1) is 0 Å². The summed E-state index contributed by atoms with van der Waals surface area (Å²) in [7, 11) is 0. The molecule has 3 N–H and O–H groups in total. The van der Waals surface area contributed by atoms with Gasteiger partial charge in [0.1, 0.15) is 0 Å². The molecule has 2 nitrogen and oxygen atoms in total. The maximum Gasteiger partial charge on any atom is 0.00790 e. The molecule has 0 aromatic carbocycles. The lowest BCUT2D eigenvalue weighted by atomic mass is 10.0. The molecule has 0 amide bonds. The smallest absolute Gasteiger partial charge is 0.00790 e. The molecule has 9 heavy (non-hydrogen) atoms. The lowest BCUT2D eigenvalue weighted by molar-refractivity contribution is 0.386. The molecule has 0 aromatic heterocycles. The molecule has 1 atom stereocenters. The Morgan fingerprint density at radius 2 is 2.33 bits per heavy atom. The third-order valence-corrected chi connectivity index (χ3v) is 1.93. The average molecular weight is 128 g/mol. The molecule has 1 heterocycles. The van der Waals surface area contributed by atoms with Crippen molar-refractivity contribution in [3.63, 3.8) is 0 Å². The highest BCUT2D eigenvalue weighted by atomic mass is 14.9. The van der Waals surface area contributed by atoms with Crippen LogP contribution in [0.15, 0.2) is 0 Å². The van der Waals surface area contributed by atoms with Gasteiger partial charge in [0.05, 0.1) is 0 Å². The minimum atomic E-state index is 0.726. The van der Waals surface area contributed by atoms with Crippen LogP contribution in [0.25, 0.3) is 0 Å². The molecular formula is C7H16N2. The number of nitrogens with two attached hydrogens (primary N) is 1. The molecule has 0 bridgehead atoms. The molecule has 0 aliphatic carbocycles. The Kier molecular flexibility index (Phi) is 3.01. The van der Waals surface area contributed by atoms with Gasteiger partial charge in [-0.1, -0.05) is 6.42 Å². The Morgan fingerprint density at radius 1 is 1.44 bits per heavy atom. The van der Waals surface area contributed by atoms with E-state index in [2.05, 4.69) is 5.32 Å². The Balaban J connectivity index is 2.08. The van der Waals surface area contributed by atoms with E-state index >= 15 is 0 Å². The normalized spacial score (nSPS) is 28.3. The standard InChI is InChI=1S/C7H16N2/c8-5-4-7-3-1-2-6-9-7/h7,9H,1-6,8H2/t7-/m0/s1. The van der Waals surface area contributed by atoms with Gasteiger partial charge in [-0.25, -0.2) is 0 Å². The van der Waals surface area contributed by atoms with Gasteiger partial charge in [-0.2, -0.15) is 0 Å². The first-order chi connectivity index (χ1) is 4.43. The Labute approximate surface area is 56.8 Å². The zero-order valence-electron chi connectivity index (χ0n) is 5.90. The van der Waals surface area contributed by atoms with Gasteiger partial charge < -0.3 is 11.1 Å². The summed E-state index contributed by atoms with van der Waals surface area (Å²) < 4.78 is 0. The van der Waals surface area contributed by atoms with Crippen molar-refractivity contribution < 1.29 is 0 Å². The molecular weight excluding hydrogens is 112 g/mol. The van der Waals surface area contributed by atoms with Crippen LogP contribution >= 0.6 is 0 Å². The predicted molar refractivity (Wildman–Crippen MR) is 39.3 cm³/mol. The molecule has 54 valence electrons. The van der Waals surface area contributed by atoms with Crippen molar-refractivity contribution in [2.75, 3.05) is 13.1 Å². The Bertz CT molecular complexity index is 64.6. The fraction of sp³-hybridized carbons (Fsp3) is 1.00. The van der Waals surface area contributed by atoms with Crippen molar-refractivity contribution >= 4 is 0 Å².